The quantitative estimate of drug-likeness (QED) is 0.583. The van der Waals surface area contributed by atoms with Crippen molar-refractivity contribution in [2.24, 2.45) is 7.05 Å². The standard InChI is InChI=1S/C6H8N2O3/c1-4(9)11-5-3-8(2)7-6(5)10/h3H,1-2H3,(H,7,10). The highest BCUT2D eigenvalue weighted by Crippen LogP contribution is 2.22. The summed E-state index contributed by atoms with van der Waals surface area (Å²) >= 11 is 0. The van der Waals surface area contributed by atoms with Gasteiger partial charge in [-0.15, -0.1) is 5.10 Å². The lowest BCUT2D eigenvalue weighted by Crippen LogP contribution is -2.00. The molecule has 0 aromatic carbocycles. The fraction of sp³-hybridized carbons (Fsp3) is 0.333. The van der Waals surface area contributed by atoms with Crippen LogP contribution in [0.3, 0.4) is 0 Å². The van der Waals surface area contributed by atoms with Gasteiger partial charge in [0.1, 0.15) is 0 Å². The molecule has 0 saturated heterocycles. The van der Waals surface area contributed by atoms with E-state index in [0.29, 0.717) is 0 Å². The van der Waals surface area contributed by atoms with Crippen LogP contribution in [0.2, 0.25) is 0 Å². The predicted octanol–water partition coefficient (Wildman–Crippen LogP) is 0.0510. The first-order chi connectivity index (χ1) is 5.09. The Kier molecular flexibility index (Phi) is 1.80. The van der Waals surface area contributed by atoms with Crippen molar-refractivity contribution in [3.8, 4) is 11.6 Å². The van der Waals surface area contributed by atoms with Crippen LogP contribution < -0.4 is 4.74 Å². The molecule has 5 heteroatoms. The number of nitrogens with zero attached hydrogens (tertiary/aromatic N) is 2. The van der Waals surface area contributed by atoms with Crippen molar-refractivity contribution in [3.05, 3.63) is 6.20 Å². The molecule has 0 aliphatic carbocycles. The SMILES string of the molecule is CC(=O)Oc1cn(C)nc1O. The van der Waals surface area contributed by atoms with Gasteiger partial charge in [0, 0.05) is 14.0 Å². The normalized spacial score (nSPS) is 9.64. The fourth-order valence-corrected chi connectivity index (χ4v) is 0.682. The molecule has 11 heavy (non-hydrogen) atoms. The number of ether oxygens (including phenoxy) is 1. The molecule has 1 aromatic rings. The van der Waals surface area contributed by atoms with Crippen LogP contribution in [0.4, 0.5) is 0 Å². The molecule has 0 radical (unpaired) electrons. The van der Waals surface area contributed by atoms with E-state index in [2.05, 4.69) is 9.84 Å². The van der Waals surface area contributed by atoms with Crippen molar-refractivity contribution in [1.82, 2.24) is 9.78 Å². The topological polar surface area (TPSA) is 64.4 Å². The maximum atomic E-state index is 10.4. The first-order valence-electron chi connectivity index (χ1n) is 3.00. The number of rotatable bonds is 1. The van der Waals surface area contributed by atoms with E-state index in [0.717, 1.165) is 0 Å². The van der Waals surface area contributed by atoms with E-state index in [1.807, 2.05) is 0 Å². The lowest BCUT2D eigenvalue weighted by atomic mass is 10.6. The van der Waals surface area contributed by atoms with E-state index in [1.165, 1.54) is 17.8 Å². The second-order valence-corrected chi connectivity index (χ2v) is 2.08. The van der Waals surface area contributed by atoms with E-state index in [1.54, 1.807) is 7.05 Å². The average Bonchev–Trinajstić information content (AvgIpc) is 2.09. The zero-order chi connectivity index (χ0) is 8.43. The van der Waals surface area contributed by atoms with Crippen LogP contribution in [0.5, 0.6) is 11.6 Å². The Morgan fingerprint density at radius 3 is 2.82 bits per heavy atom. The molecule has 60 valence electrons. The summed E-state index contributed by atoms with van der Waals surface area (Å²) in [5, 5.41) is 12.5. The van der Waals surface area contributed by atoms with Crippen LogP contribution >= 0.6 is 0 Å². The highest BCUT2D eigenvalue weighted by Gasteiger charge is 2.08. The number of aryl methyl sites for hydroxylation is 1. The molecule has 1 rings (SSSR count). The Hall–Kier alpha value is -1.52. The molecule has 1 N–H and O–H groups in total. The third kappa shape index (κ3) is 1.70. The number of aromatic nitrogens is 2. The number of carbonyl (C=O) groups excluding carboxylic acids is 1. The molecule has 1 aromatic heterocycles. The summed E-state index contributed by atoms with van der Waals surface area (Å²) in [7, 11) is 1.62. The van der Waals surface area contributed by atoms with Crippen LogP contribution in [0.15, 0.2) is 6.20 Å². The first kappa shape index (κ1) is 7.59. The van der Waals surface area contributed by atoms with Crippen LogP contribution in [0, 0.1) is 0 Å². The fourth-order valence-electron chi connectivity index (χ4n) is 0.682. The third-order valence-electron chi connectivity index (χ3n) is 1.03. The largest absolute Gasteiger partial charge is 0.490 e. The van der Waals surface area contributed by atoms with Crippen molar-refractivity contribution < 1.29 is 14.6 Å². The highest BCUT2D eigenvalue weighted by atomic mass is 16.5. The van der Waals surface area contributed by atoms with Crippen LogP contribution in [-0.4, -0.2) is 20.9 Å². The number of esters is 1. The Labute approximate surface area is 63.2 Å². The molecular formula is C6H8N2O3. The van der Waals surface area contributed by atoms with Gasteiger partial charge in [-0.2, -0.15) is 0 Å². The number of hydrogen-bond acceptors (Lipinski definition) is 4. The van der Waals surface area contributed by atoms with Gasteiger partial charge in [-0.1, -0.05) is 0 Å². The molecule has 1 heterocycles. The number of carbonyl (C=O) groups is 1. The Morgan fingerprint density at radius 2 is 2.45 bits per heavy atom. The third-order valence-corrected chi connectivity index (χ3v) is 1.03. The maximum absolute atomic E-state index is 10.4. The van der Waals surface area contributed by atoms with Crippen molar-refractivity contribution >= 4 is 5.97 Å². The minimum atomic E-state index is -0.478. The second-order valence-electron chi connectivity index (χ2n) is 2.08. The monoisotopic (exact) mass is 156 g/mol. The van der Waals surface area contributed by atoms with E-state index in [4.69, 9.17) is 5.11 Å². The molecule has 0 aliphatic heterocycles. The lowest BCUT2D eigenvalue weighted by Gasteiger charge is -1.93. The van der Waals surface area contributed by atoms with Gasteiger partial charge in [0.15, 0.2) is 0 Å². The minimum Gasteiger partial charge on any atom is -0.490 e. The Bertz CT molecular complexity index is 279. The van der Waals surface area contributed by atoms with Crippen LogP contribution in [0.25, 0.3) is 0 Å². The second kappa shape index (κ2) is 2.61. The van der Waals surface area contributed by atoms with Crippen molar-refractivity contribution in [1.29, 1.82) is 0 Å². The summed E-state index contributed by atoms with van der Waals surface area (Å²) in [5.74, 6) is -0.670. The van der Waals surface area contributed by atoms with Crippen molar-refractivity contribution in [2.75, 3.05) is 0 Å². The summed E-state index contributed by atoms with van der Waals surface area (Å²) < 4.78 is 5.95. The number of aromatic hydroxyl groups is 1. The van der Waals surface area contributed by atoms with Gasteiger partial charge >= 0.3 is 5.97 Å². The molecule has 0 atom stereocenters. The predicted molar refractivity (Wildman–Crippen MR) is 36.2 cm³/mol. The van der Waals surface area contributed by atoms with Gasteiger partial charge < -0.3 is 9.84 Å². The van der Waals surface area contributed by atoms with E-state index in [9.17, 15) is 4.79 Å². The van der Waals surface area contributed by atoms with Gasteiger partial charge in [0.25, 0.3) is 5.88 Å². The molecule has 5 nitrogen and oxygen atoms in total. The molecule has 0 bridgehead atoms. The van der Waals surface area contributed by atoms with Gasteiger partial charge in [0.05, 0.1) is 6.20 Å². The highest BCUT2D eigenvalue weighted by molar-refractivity contribution is 5.69. The van der Waals surface area contributed by atoms with Gasteiger partial charge in [-0.05, 0) is 0 Å². The van der Waals surface area contributed by atoms with E-state index < -0.39 is 5.97 Å². The average molecular weight is 156 g/mol. The van der Waals surface area contributed by atoms with Crippen molar-refractivity contribution in [3.63, 3.8) is 0 Å². The first-order valence-corrected chi connectivity index (χ1v) is 3.00. The minimum absolute atomic E-state index is 0.0833. The van der Waals surface area contributed by atoms with Gasteiger partial charge in [0.2, 0.25) is 5.75 Å². The Morgan fingerprint density at radius 1 is 1.82 bits per heavy atom. The summed E-state index contributed by atoms with van der Waals surface area (Å²) in [6, 6.07) is 0. The zero-order valence-electron chi connectivity index (χ0n) is 6.24. The van der Waals surface area contributed by atoms with Gasteiger partial charge in [-0.25, -0.2) is 0 Å². The molecule has 0 fully saturated rings. The summed E-state index contributed by atoms with van der Waals surface area (Å²) in [6.45, 7) is 1.26. The molecule has 0 unspecified atom stereocenters. The van der Waals surface area contributed by atoms with Gasteiger partial charge in [-0.3, -0.25) is 9.48 Å². The molecule has 0 amide bonds. The molecule has 0 saturated carbocycles. The van der Waals surface area contributed by atoms with E-state index >= 15 is 0 Å². The summed E-state index contributed by atoms with van der Waals surface area (Å²) in [6.07, 6.45) is 1.41. The van der Waals surface area contributed by atoms with Crippen LogP contribution in [-0.2, 0) is 11.8 Å². The lowest BCUT2D eigenvalue weighted by molar-refractivity contribution is -0.132. The molecule has 0 aliphatic rings. The van der Waals surface area contributed by atoms with E-state index in [-0.39, 0.29) is 11.6 Å². The maximum Gasteiger partial charge on any atom is 0.308 e. The van der Waals surface area contributed by atoms with Crippen molar-refractivity contribution in [2.45, 2.75) is 6.92 Å². The summed E-state index contributed by atoms with van der Waals surface area (Å²) in [4.78, 5) is 10.4. The van der Waals surface area contributed by atoms with Crippen LogP contribution in [0.1, 0.15) is 6.92 Å². The molecular weight excluding hydrogens is 148 g/mol. The number of hydrogen-bond donors (Lipinski definition) is 1. The smallest absolute Gasteiger partial charge is 0.308 e. The Balaban J connectivity index is 2.85. The molecule has 0 spiro atoms. The zero-order valence-corrected chi connectivity index (χ0v) is 6.24. The summed E-state index contributed by atoms with van der Waals surface area (Å²) in [5.41, 5.74) is 0.